The van der Waals surface area contributed by atoms with Crippen LogP contribution in [-0.2, 0) is 32.9 Å². The first kappa shape index (κ1) is 37.8. The van der Waals surface area contributed by atoms with Gasteiger partial charge in [0.1, 0.15) is 5.58 Å². The standard InChI is InChI=1S/C26H23N2O.C22H22N.Ir/c1-16-15-28-23(13-17(16)14-26(2,3)4)21-8-5-7-18-19-10-11-22-20(9-6-12-27-22)25(19)29-24(18)21;1-22(2,3)16-17-9-11-18(12-10-17)20-13-14-23-21(15-20)19-7-5-4-6-8-19;/h5-7,9-13,15H,14H2,1-4H3;4-7,9-15H,16H2,1-3H3;/q2*-1;. The van der Waals surface area contributed by atoms with Crippen molar-refractivity contribution in [3.8, 4) is 33.6 Å². The molecule has 8 rings (SSSR count). The number of aromatic nitrogens is 3. The quantitative estimate of drug-likeness (QED) is 0.162. The first-order valence-electron chi connectivity index (χ1n) is 18.0. The summed E-state index contributed by atoms with van der Waals surface area (Å²) in [6.45, 7) is 15.7. The van der Waals surface area contributed by atoms with Crippen molar-refractivity contribution in [2.45, 2.75) is 61.3 Å². The summed E-state index contributed by atoms with van der Waals surface area (Å²) in [7, 11) is 0. The molecule has 4 nitrogen and oxygen atoms in total. The van der Waals surface area contributed by atoms with Gasteiger partial charge >= 0.3 is 0 Å². The Morgan fingerprint density at radius 1 is 0.604 bits per heavy atom. The Labute approximate surface area is 327 Å². The maximum absolute atomic E-state index is 6.41. The Morgan fingerprint density at radius 2 is 1.38 bits per heavy atom. The van der Waals surface area contributed by atoms with E-state index in [0.29, 0.717) is 5.41 Å². The molecule has 0 saturated heterocycles. The molecule has 53 heavy (non-hydrogen) atoms. The zero-order valence-corrected chi connectivity index (χ0v) is 33.9. The smallest absolute Gasteiger partial charge is 0.130 e. The third kappa shape index (κ3) is 8.82. The molecule has 0 bridgehead atoms. The minimum absolute atomic E-state index is 0. The normalized spacial score (nSPS) is 11.7. The molecule has 0 aliphatic heterocycles. The minimum atomic E-state index is 0. The summed E-state index contributed by atoms with van der Waals surface area (Å²) in [5, 5.41) is 3.20. The van der Waals surface area contributed by atoms with Gasteiger partial charge in [-0.1, -0.05) is 94.5 Å². The van der Waals surface area contributed by atoms with Crippen LogP contribution in [0.2, 0.25) is 0 Å². The monoisotopic (exact) mass is 872 g/mol. The molecule has 4 heterocycles. The van der Waals surface area contributed by atoms with E-state index in [-0.39, 0.29) is 25.5 Å². The van der Waals surface area contributed by atoms with Crippen molar-refractivity contribution < 1.29 is 24.5 Å². The molecule has 4 aromatic carbocycles. The van der Waals surface area contributed by atoms with Crippen LogP contribution in [0.5, 0.6) is 0 Å². The molecule has 0 saturated carbocycles. The van der Waals surface area contributed by atoms with Crippen molar-refractivity contribution in [3.05, 3.63) is 151 Å². The van der Waals surface area contributed by atoms with E-state index >= 15 is 0 Å². The number of nitrogens with zero attached hydrogens (tertiary/aromatic N) is 3. The van der Waals surface area contributed by atoms with Gasteiger partial charge in [-0.25, -0.2) is 0 Å². The van der Waals surface area contributed by atoms with Gasteiger partial charge in [-0.2, -0.15) is 0 Å². The molecule has 269 valence electrons. The van der Waals surface area contributed by atoms with Crippen LogP contribution in [0.4, 0.5) is 0 Å². The second-order valence-electron chi connectivity index (χ2n) is 16.1. The van der Waals surface area contributed by atoms with Gasteiger partial charge in [0.05, 0.1) is 11.1 Å². The predicted molar refractivity (Wildman–Crippen MR) is 216 cm³/mol. The van der Waals surface area contributed by atoms with Crippen LogP contribution >= 0.6 is 0 Å². The summed E-state index contributed by atoms with van der Waals surface area (Å²) < 4.78 is 6.41. The van der Waals surface area contributed by atoms with E-state index in [1.165, 1.54) is 27.8 Å². The van der Waals surface area contributed by atoms with Crippen molar-refractivity contribution in [2.24, 2.45) is 10.8 Å². The fourth-order valence-electron chi connectivity index (χ4n) is 6.74. The molecule has 0 aliphatic carbocycles. The molecule has 1 radical (unpaired) electrons. The van der Waals surface area contributed by atoms with Gasteiger partial charge in [0, 0.05) is 49.5 Å². The first-order chi connectivity index (χ1) is 24.9. The molecule has 5 heteroatoms. The molecule has 0 amide bonds. The Morgan fingerprint density at radius 3 is 2.11 bits per heavy atom. The van der Waals surface area contributed by atoms with E-state index < -0.39 is 0 Å². The Kier molecular flexibility index (Phi) is 11.1. The summed E-state index contributed by atoms with van der Waals surface area (Å²) in [6, 6.07) is 42.0. The number of rotatable bonds is 5. The van der Waals surface area contributed by atoms with E-state index in [4.69, 9.17) is 9.40 Å². The molecule has 0 N–H and O–H groups in total. The number of fused-ring (bicyclic) bond motifs is 5. The number of aryl methyl sites for hydroxylation is 1. The van der Waals surface area contributed by atoms with Crippen LogP contribution in [0.15, 0.2) is 126 Å². The van der Waals surface area contributed by atoms with Gasteiger partial charge in [-0.3, -0.25) is 4.98 Å². The van der Waals surface area contributed by atoms with Crippen LogP contribution in [0.3, 0.4) is 0 Å². The Hall–Kier alpha value is -4.96. The number of hydrogen-bond donors (Lipinski definition) is 0. The van der Waals surface area contributed by atoms with Gasteiger partial charge in [0.25, 0.3) is 0 Å². The molecule has 4 aromatic heterocycles. The molecule has 0 atom stereocenters. The SMILES string of the molecule is CC(C)(C)Cc1ccc(-c2ccnc(-c3[c-]cccc3)c2)cc1.Cc1cnc(-c2[c-]ccc3c2oc2c4cccnc4ccc32)cc1CC(C)(C)C.[Ir]. The second kappa shape index (κ2) is 15.6. The van der Waals surface area contributed by atoms with E-state index in [2.05, 4.69) is 137 Å². The molecular weight excluding hydrogens is 827 g/mol. The van der Waals surface area contributed by atoms with Gasteiger partial charge in [-0.05, 0) is 94.6 Å². The van der Waals surface area contributed by atoms with Crippen LogP contribution in [0, 0.1) is 29.9 Å². The van der Waals surface area contributed by atoms with E-state index in [1.54, 1.807) is 0 Å². The van der Waals surface area contributed by atoms with E-state index in [0.717, 1.165) is 68.2 Å². The maximum atomic E-state index is 6.41. The fourth-order valence-corrected chi connectivity index (χ4v) is 6.74. The van der Waals surface area contributed by atoms with Gasteiger partial charge in [-0.15, -0.1) is 54.1 Å². The number of hydrogen-bond acceptors (Lipinski definition) is 4. The van der Waals surface area contributed by atoms with Crippen molar-refractivity contribution >= 4 is 32.8 Å². The number of benzene rings is 4. The van der Waals surface area contributed by atoms with Crippen LogP contribution in [-0.4, -0.2) is 15.0 Å². The van der Waals surface area contributed by atoms with Crippen molar-refractivity contribution in [1.82, 2.24) is 15.0 Å². The molecule has 8 aromatic rings. The first-order valence-corrected chi connectivity index (χ1v) is 18.0. The predicted octanol–water partition coefficient (Wildman–Crippen LogP) is 12.7. The largest absolute Gasteiger partial charge is 0.500 e. The van der Waals surface area contributed by atoms with E-state index in [1.807, 2.05) is 55.0 Å². The topological polar surface area (TPSA) is 51.8 Å². The average molecular weight is 872 g/mol. The zero-order valence-electron chi connectivity index (χ0n) is 31.5. The van der Waals surface area contributed by atoms with Crippen molar-refractivity contribution in [2.75, 3.05) is 0 Å². The van der Waals surface area contributed by atoms with E-state index in [9.17, 15) is 0 Å². The summed E-state index contributed by atoms with van der Waals surface area (Å²) in [4.78, 5) is 13.6. The molecule has 0 aliphatic rings. The summed E-state index contributed by atoms with van der Waals surface area (Å²) in [5.74, 6) is 0. The summed E-state index contributed by atoms with van der Waals surface area (Å²) in [5.41, 5.74) is 13.3. The number of furan rings is 1. The molecule has 0 fully saturated rings. The van der Waals surface area contributed by atoms with Crippen molar-refractivity contribution in [1.29, 1.82) is 0 Å². The van der Waals surface area contributed by atoms with Gasteiger partial charge < -0.3 is 14.4 Å². The molecule has 0 unspecified atom stereocenters. The molecule has 0 spiro atoms. The third-order valence-corrected chi connectivity index (χ3v) is 9.14. The summed E-state index contributed by atoms with van der Waals surface area (Å²) in [6.07, 6.45) is 7.73. The third-order valence-electron chi connectivity index (χ3n) is 9.14. The fraction of sp³-hybridized carbons (Fsp3) is 0.229. The molecular formula is C48H45IrN3O-2. The van der Waals surface area contributed by atoms with Crippen LogP contribution in [0.25, 0.3) is 66.5 Å². The van der Waals surface area contributed by atoms with Crippen LogP contribution < -0.4 is 0 Å². The maximum Gasteiger partial charge on any atom is 0.130 e. The summed E-state index contributed by atoms with van der Waals surface area (Å²) >= 11 is 0. The van der Waals surface area contributed by atoms with Gasteiger partial charge in [0.15, 0.2) is 0 Å². The Bertz CT molecular complexity index is 2490. The minimum Gasteiger partial charge on any atom is -0.500 e. The number of pyridine rings is 3. The van der Waals surface area contributed by atoms with Crippen molar-refractivity contribution in [3.63, 3.8) is 0 Å². The Balaban J connectivity index is 0.000000183. The van der Waals surface area contributed by atoms with Crippen LogP contribution in [0.1, 0.15) is 58.2 Å². The van der Waals surface area contributed by atoms with Gasteiger partial charge in [0.2, 0.25) is 0 Å². The average Bonchev–Trinajstić information content (AvgIpc) is 3.52. The second-order valence-corrected chi connectivity index (χ2v) is 16.1. The zero-order chi connectivity index (χ0) is 36.5.